The summed E-state index contributed by atoms with van der Waals surface area (Å²) < 4.78 is 10.4. The highest BCUT2D eigenvalue weighted by Gasteiger charge is 2.15. The summed E-state index contributed by atoms with van der Waals surface area (Å²) in [6.07, 6.45) is 2.06. The third-order valence-corrected chi connectivity index (χ3v) is 1.86. The Bertz CT molecular complexity index is 344. The molecule has 0 saturated carbocycles. The van der Waals surface area contributed by atoms with Crippen LogP contribution >= 0.6 is 0 Å². The minimum Gasteiger partial charge on any atom is -0.493 e. The van der Waals surface area contributed by atoms with Gasteiger partial charge in [0.05, 0.1) is 6.54 Å². The molecular weight excluding hydrogens is 246 g/mol. The molecule has 0 heterocycles. The number of carbonyl (C=O) groups excluding carboxylic acids is 1. The maximum absolute atomic E-state index is 11.3. The van der Waals surface area contributed by atoms with Crippen LogP contribution in [-0.4, -0.2) is 31.1 Å². The second-order valence-corrected chi connectivity index (χ2v) is 4.94. The summed E-state index contributed by atoms with van der Waals surface area (Å²) in [6.45, 7) is 9.78. The number of aliphatic imine (C=N–C) groups is 1. The molecule has 0 aliphatic rings. The molecule has 6 heteroatoms. The molecular formula is C13H25N3O3. The molecule has 0 aromatic carbocycles. The van der Waals surface area contributed by atoms with Gasteiger partial charge in [-0.15, -0.1) is 0 Å². The van der Waals surface area contributed by atoms with Crippen molar-refractivity contribution in [3.63, 3.8) is 0 Å². The summed E-state index contributed by atoms with van der Waals surface area (Å²) in [5, 5.41) is 2.59. The first-order valence-electron chi connectivity index (χ1n) is 6.34. The van der Waals surface area contributed by atoms with Crippen molar-refractivity contribution < 1.29 is 14.3 Å². The molecule has 0 saturated heterocycles. The highest BCUT2D eigenvalue weighted by atomic mass is 16.6. The van der Waals surface area contributed by atoms with E-state index in [4.69, 9.17) is 15.2 Å². The molecule has 6 nitrogen and oxygen atoms in total. The van der Waals surface area contributed by atoms with Gasteiger partial charge in [0.25, 0.3) is 0 Å². The average molecular weight is 271 g/mol. The van der Waals surface area contributed by atoms with E-state index in [1.54, 1.807) is 13.1 Å². The van der Waals surface area contributed by atoms with Crippen LogP contribution in [0.2, 0.25) is 0 Å². The van der Waals surface area contributed by atoms with Crippen LogP contribution in [0.25, 0.3) is 0 Å². The smallest absolute Gasteiger partial charge is 0.407 e. The molecule has 0 bridgehead atoms. The van der Waals surface area contributed by atoms with E-state index in [0.717, 1.165) is 6.42 Å². The van der Waals surface area contributed by atoms with E-state index in [-0.39, 0.29) is 0 Å². The summed E-state index contributed by atoms with van der Waals surface area (Å²) in [6, 6.07) is 0. The van der Waals surface area contributed by atoms with Gasteiger partial charge in [-0.05, 0) is 34.1 Å². The second-order valence-electron chi connectivity index (χ2n) is 4.94. The Kier molecular flexibility index (Phi) is 7.63. The molecule has 3 N–H and O–H groups in total. The number of nitrogens with two attached hydrogens (primary N) is 1. The Labute approximate surface area is 115 Å². The zero-order valence-corrected chi connectivity index (χ0v) is 12.4. The standard InChI is InChI=1S/C13H25N3O3/c1-6-7-15-11(14)10(2)18-9-8-16-12(17)19-13(3,4)5/h7H,6,8-9,14H2,1-5H3,(H,16,17). The van der Waals surface area contributed by atoms with Gasteiger partial charge in [-0.25, -0.2) is 9.79 Å². The molecule has 19 heavy (non-hydrogen) atoms. The zero-order valence-electron chi connectivity index (χ0n) is 12.4. The molecule has 0 radical (unpaired) electrons. The summed E-state index contributed by atoms with van der Waals surface area (Å²) >= 11 is 0. The fourth-order valence-corrected chi connectivity index (χ4v) is 1.03. The van der Waals surface area contributed by atoms with Gasteiger partial charge in [-0.1, -0.05) is 6.92 Å². The molecule has 0 aromatic rings. The predicted molar refractivity (Wildman–Crippen MR) is 75.9 cm³/mol. The Balaban J connectivity index is 3.92. The summed E-state index contributed by atoms with van der Waals surface area (Å²) in [7, 11) is 0. The van der Waals surface area contributed by atoms with Crippen LogP contribution < -0.4 is 11.1 Å². The maximum Gasteiger partial charge on any atom is 0.407 e. The van der Waals surface area contributed by atoms with E-state index < -0.39 is 11.7 Å². The van der Waals surface area contributed by atoms with Crippen LogP contribution in [0.1, 0.15) is 41.0 Å². The SMILES string of the molecule is CCC=NC(N)=C(C)OCCNC(=O)OC(C)(C)C. The molecule has 1 amide bonds. The third-order valence-electron chi connectivity index (χ3n) is 1.86. The number of rotatable bonds is 6. The maximum atomic E-state index is 11.3. The first-order chi connectivity index (χ1) is 8.76. The Hall–Kier alpha value is -1.72. The average Bonchev–Trinajstić information content (AvgIpc) is 2.29. The van der Waals surface area contributed by atoms with Crippen molar-refractivity contribution in [2.75, 3.05) is 13.2 Å². The number of allylic oxidation sites excluding steroid dienone is 1. The Morgan fingerprint density at radius 1 is 1.42 bits per heavy atom. The largest absolute Gasteiger partial charge is 0.493 e. The second kappa shape index (κ2) is 8.39. The first kappa shape index (κ1) is 17.3. The number of nitrogens with zero attached hydrogens (tertiary/aromatic N) is 1. The molecule has 0 atom stereocenters. The number of hydrogen-bond acceptors (Lipinski definition) is 5. The van der Waals surface area contributed by atoms with E-state index in [1.165, 1.54) is 0 Å². The lowest BCUT2D eigenvalue weighted by molar-refractivity contribution is 0.0513. The fourth-order valence-electron chi connectivity index (χ4n) is 1.03. The van der Waals surface area contributed by atoms with Gasteiger partial charge >= 0.3 is 6.09 Å². The summed E-state index contributed by atoms with van der Waals surface area (Å²) in [4.78, 5) is 15.3. The van der Waals surface area contributed by atoms with Crippen molar-refractivity contribution in [2.45, 2.75) is 46.6 Å². The van der Waals surface area contributed by atoms with Gasteiger partial charge in [0.1, 0.15) is 18.0 Å². The quantitative estimate of drug-likeness (QED) is 0.440. The van der Waals surface area contributed by atoms with Crippen LogP contribution in [0.4, 0.5) is 4.79 Å². The lowest BCUT2D eigenvalue weighted by Crippen LogP contribution is -2.34. The molecule has 0 spiro atoms. The van der Waals surface area contributed by atoms with Crippen molar-refractivity contribution in [2.24, 2.45) is 10.7 Å². The van der Waals surface area contributed by atoms with Crippen molar-refractivity contribution in [3.05, 3.63) is 11.6 Å². The van der Waals surface area contributed by atoms with Crippen LogP contribution in [0, 0.1) is 0 Å². The van der Waals surface area contributed by atoms with Crippen molar-refractivity contribution in [1.29, 1.82) is 0 Å². The molecule has 0 aromatic heterocycles. The summed E-state index contributed by atoms with van der Waals surface area (Å²) in [5.74, 6) is 0.884. The molecule has 110 valence electrons. The van der Waals surface area contributed by atoms with Gasteiger partial charge in [0.15, 0.2) is 5.82 Å². The van der Waals surface area contributed by atoms with E-state index in [2.05, 4.69) is 10.3 Å². The topological polar surface area (TPSA) is 85.9 Å². The molecule has 0 aliphatic carbocycles. The van der Waals surface area contributed by atoms with Crippen LogP contribution in [0.3, 0.4) is 0 Å². The Morgan fingerprint density at radius 2 is 2.05 bits per heavy atom. The van der Waals surface area contributed by atoms with E-state index in [9.17, 15) is 4.79 Å². The number of carbonyl (C=O) groups is 1. The first-order valence-corrected chi connectivity index (χ1v) is 6.34. The number of alkyl carbamates (subject to hydrolysis) is 1. The van der Waals surface area contributed by atoms with E-state index in [0.29, 0.717) is 24.7 Å². The molecule has 0 unspecified atom stereocenters. The van der Waals surface area contributed by atoms with E-state index in [1.807, 2.05) is 27.7 Å². The van der Waals surface area contributed by atoms with E-state index >= 15 is 0 Å². The molecule has 0 rings (SSSR count). The van der Waals surface area contributed by atoms with Gasteiger partial charge in [-0.2, -0.15) is 0 Å². The van der Waals surface area contributed by atoms with Crippen molar-refractivity contribution in [1.82, 2.24) is 5.32 Å². The van der Waals surface area contributed by atoms with Gasteiger partial charge in [0, 0.05) is 6.21 Å². The number of amides is 1. The predicted octanol–water partition coefficient (Wildman–Crippen LogP) is 2.16. The summed E-state index contributed by atoms with van der Waals surface area (Å²) in [5.41, 5.74) is 5.17. The lowest BCUT2D eigenvalue weighted by Gasteiger charge is -2.19. The third kappa shape index (κ3) is 9.93. The highest BCUT2D eigenvalue weighted by molar-refractivity contribution is 5.67. The van der Waals surface area contributed by atoms with Gasteiger partial charge in [0.2, 0.25) is 0 Å². The minimum atomic E-state index is -0.500. The number of nitrogens with one attached hydrogen (secondary N) is 1. The van der Waals surface area contributed by atoms with Gasteiger partial charge in [-0.3, -0.25) is 0 Å². The lowest BCUT2D eigenvalue weighted by atomic mass is 10.2. The van der Waals surface area contributed by atoms with Crippen LogP contribution in [0.5, 0.6) is 0 Å². The van der Waals surface area contributed by atoms with Crippen LogP contribution in [-0.2, 0) is 9.47 Å². The monoisotopic (exact) mass is 271 g/mol. The molecule has 0 fully saturated rings. The zero-order chi connectivity index (χ0) is 14.9. The normalized spacial score (nSPS) is 13.1. The van der Waals surface area contributed by atoms with Crippen molar-refractivity contribution >= 4 is 12.3 Å². The van der Waals surface area contributed by atoms with Crippen LogP contribution in [0.15, 0.2) is 16.6 Å². The van der Waals surface area contributed by atoms with Crippen molar-refractivity contribution in [3.8, 4) is 0 Å². The number of ether oxygens (including phenoxy) is 2. The fraction of sp³-hybridized carbons (Fsp3) is 0.692. The highest BCUT2D eigenvalue weighted by Crippen LogP contribution is 2.06. The minimum absolute atomic E-state index is 0.313. The van der Waals surface area contributed by atoms with Gasteiger partial charge < -0.3 is 20.5 Å². The Morgan fingerprint density at radius 3 is 2.58 bits per heavy atom. The number of hydrogen-bond donors (Lipinski definition) is 2. The molecule has 0 aliphatic heterocycles.